The average molecular weight is 406 g/mol. The summed E-state index contributed by atoms with van der Waals surface area (Å²) in [5, 5.41) is 23.1. The summed E-state index contributed by atoms with van der Waals surface area (Å²) in [5.41, 5.74) is 6.15. The highest BCUT2D eigenvalue weighted by molar-refractivity contribution is 5.94. The standard InChI is InChI=1S/C19H26N4O6/c20-10-16(25)23-8-4-7-15(23)18(27)21-13(9-12-5-2-1-3-6-12)17(26)22-14(11-24)19(28)29/h1-3,5-6,13-15,24H,4,7-11,20H2,(H,21,27)(H,22,26)(H,28,29). The fraction of sp³-hybridized carbons (Fsp3) is 0.474. The summed E-state index contributed by atoms with van der Waals surface area (Å²) in [7, 11) is 0. The Labute approximate surface area is 168 Å². The van der Waals surface area contributed by atoms with E-state index in [2.05, 4.69) is 10.6 Å². The van der Waals surface area contributed by atoms with Crippen molar-refractivity contribution < 1.29 is 29.4 Å². The molecule has 1 fully saturated rings. The Bertz CT molecular complexity index is 741. The number of hydrogen-bond acceptors (Lipinski definition) is 6. The van der Waals surface area contributed by atoms with E-state index < -0.39 is 42.5 Å². The highest BCUT2D eigenvalue weighted by atomic mass is 16.4. The van der Waals surface area contributed by atoms with E-state index in [1.54, 1.807) is 30.3 Å². The van der Waals surface area contributed by atoms with E-state index in [0.29, 0.717) is 19.4 Å². The molecule has 1 aliphatic heterocycles. The van der Waals surface area contributed by atoms with Crippen molar-refractivity contribution in [3.63, 3.8) is 0 Å². The number of likely N-dealkylation sites (tertiary alicyclic amines) is 1. The van der Waals surface area contributed by atoms with Crippen LogP contribution in [0.3, 0.4) is 0 Å². The highest BCUT2D eigenvalue weighted by Gasteiger charge is 2.35. The van der Waals surface area contributed by atoms with Gasteiger partial charge in [0.15, 0.2) is 0 Å². The van der Waals surface area contributed by atoms with Gasteiger partial charge in [-0.2, -0.15) is 0 Å². The van der Waals surface area contributed by atoms with Crippen LogP contribution in [0.1, 0.15) is 18.4 Å². The Balaban J connectivity index is 2.15. The van der Waals surface area contributed by atoms with Crippen molar-refractivity contribution in [2.75, 3.05) is 19.7 Å². The molecule has 0 aromatic heterocycles. The fourth-order valence-electron chi connectivity index (χ4n) is 3.24. The van der Waals surface area contributed by atoms with Gasteiger partial charge in [0, 0.05) is 13.0 Å². The van der Waals surface area contributed by atoms with Crippen LogP contribution in [0.4, 0.5) is 0 Å². The zero-order chi connectivity index (χ0) is 21.4. The molecular weight excluding hydrogens is 380 g/mol. The van der Waals surface area contributed by atoms with Crippen LogP contribution in [-0.4, -0.2) is 76.6 Å². The third kappa shape index (κ3) is 6.00. The first-order valence-electron chi connectivity index (χ1n) is 9.35. The lowest BCUT2D eigenvalue weighted by Gasteiger charge is -2.26. The summed E-state index contributed by atoms with van der Waals surface area (Å²) in [4.78, 5) is 49.9. The Hall–Kier alpha value is -2.98. The quantitative estimate of drug-likeness (QED) is 0.324. The molecule has 3 amide bonds. The number of hydrogen-bond donors (Lipinski definition) is 5. The van der Waals surface area contributed by atoms with Gasteiger partial charge in [-0.1, -0.05) is 30.3 Å². The first-order chi connectivity index (χ1) is 13.9. The molecule has 1 saturated heterocycles. The second-order valence-electron chi connectivity index (χ2n) is 6.78. The number of rotatable bonds is 9. The molecule has 10 heteroatoms. The van der Waals surface area contributed by atoms with Crippen molar-refractivity contribution in [1.29, 1.82) is 0 Å². The van der Waals surface area contributed by atoms with E-state index in [-0.39, 0.29) is 18.9 Å². The van der Waals surface area contributed by atoms with Crippen LogP contribution < -0.4 is 16.4 Å². The first kappa shape index (κ1) is 22.3. The molecule has 29 heavy (non-hydrogen) atoms. The van der Waals surface area contributed by atoms with Gasteiger partial charge in [0.2, 0.25) is 17.7 Å². The third-order valence-electron chi connectivity index (χ3n) is 4.76. The Kier molecular flexibility index (Phi) is 8.10. The van der Waals surface area contributed by atoms with E-state index in [4.69, 9.17) is 15.9 Å². The second kappa shape index (κ2) is 10.5. The van der Waals surface area contributed by atoms with Gasteiger partial charge >= 0.3 is 5.97 Å². The molecule has 0 bridgehead atoms. The zero-order valence-corrected chi connectivity index (χ0v) is 15.9. The Morgan fingerprint density at radius 3 is 2.41 bits per heavy atom. The molecule has 158 valence electrons. The molecule has 10 nitrogen and oxygen atoms in total. The molecule has 0 spiro atoms. The van der Waals surface area contributed by atoms with Crippen molar-refractivity contribution in [1.82, 2.24) is 15.5 Å². The summed E-state index contributed by atoms with van der Waals surface area (Å²) >= 11 is 0. The Morgan fingerprint density at radius 1 is 1.14 bits per heavy atom. The maximum atomic E-state index is 12.8. The number of aliphatic hydroxyl groups excluding tert-OH is 1. The van der Waals surface area contributed by atoms with Gasteiger partial charge in [-0.05, 0) is 18.4 Å². The van der Waals surface area contributed by atoms with Crippen molar-refractivity contribution in [2.45, 2.75) is 37.4 Å². The molecule has 0 saturated carbocycles. The first-order valence-corrected chi connectivity index (χ1v) is 9.35. The summed E-state index contributed by atoms with van der Waals surface area (Å²) in [6.07, 6.45) is 1.21. The number of carbonyl (C=O) groups is 4. The minimum Gasteiger partial charge on any atom is -0.480 e. The molecule has 6 N–H and O–H groups in total. The van der Waals surface area contributed by atoms with Crippen LogP contribution in [0.25, 0.3) is 0 Å². The van der Waals surface area contributed by atoms with Crippen molar-refractivity contribution in [3.8, 4) is 0 Å². The van der Waals surface area contributed by atoms with Gasteiger partial charge in [-0.15, -0.1) is 0 Å². The molecule has 1 aromatic rings. The minimum absolute atomic E-state index is 0.119. The van der Waals surface area contributed by atoms with Crippen molar-refractivity contribution in [2.24, 2.45) is 5.73 Å². The molecule has 0 aliphatic carbocycles. The lowest BCUT2D eigenvalue weighted by Crippen LogP contribution is -2.56. The van der Waals surface area contributed by atoms with E-state index in [9.17, 15) is 19.2 Å². The van der Waals surface area contributed by atoms with E-state index >= 15 is 0 Å². The third-order valence-corrected chi connectivity index (χ3v) is 4.76. The predicted molar refractivity (Wildman–Crippen MR) is 103 cm³/mol. The number of amides is 3. The van der Waals surface area contributed by atoms with E-state index in [1.165, 1.54) is 4.90 Å². The number of carboxylic acids is 1. The minimum atomic E-state index is -1.49. The monoisotopic (exact) mass is 406 g/mol. The lowest BCUT2D eigenvalue weighted by molar-refractivity contribution is -0.143. The molecule has 1 aromatic carbocycles. The molecule has 3 atom stereocenters. The van der Waals surface area contributed by atoms with E-state index in [0.717, 1.165) is 5.56 Å². The van der Waals surface area contributed by atoms with Crippen LogP contribution in [0.5, 0.6) is 0 Å². The number of carboxylic acid groups (broad SMARTS) is 1. The van der Waals surface area contributed by atoms with Crippen LogP contribution in [0.15, 0.2) is 30.3 Å². The zero-order valence-electron chi connectivity index (χ0n) is 15.9. The number of aliphatic hydroxyl groups is 1. The smallest absolute Gasteiger partial charge is 0.328 e. The summed E-state index contributed by atoms with van der Waals surface area (Å²) in [6, 6.07) is 5.60. The van der Waals surface area contributed by atoms with Crippen LogP contribution in [0.2, 0.25) is 0 Å². The molecule has 2 rings (SSSR count). The van der Waals surface area contributed by atoms with Crippen molar-refractivity contribution in [3.05, 3.63) is 35.9 Å². The van der Waals surface area contributed by atoms with Crippen LogP contribution >= 0.6 is 0 Å². The fourth-order valence-corrected chi connectivity index (χ4v) is 3.24. The van der Waals surface area contributed by atoms with Gasteiger partial charge in [-0.3, -0.25) is 14.4 Å². The largest absolute Gasteiger partial charge is 0.480 e. The van der Waals surface area contributed by atoms with Gasteiger partial charge in [0.25, 0.3) is 0 Å². The molecular formula is C19H26N4O6. The van der Waals surface area contributed by atoms with Crippen LogP contribution in [0, 0.1) is 0 Å². The number of carbonyl (C=O) groups excluding carboxylic acids is 3. The predicted octanol–water partition coefficient (Wildman–Crippen LogP) is -1.77. The maximum absolute atomic E-state index is 12.8. The lowest BCUT2D eigenvalue weighted by atomic mass is 10.0. The number of nitrogens with one attached hydrogen (secondary N) is 2. The number of aliphatic carboxylic acids is 1. The second-order valence-corrected chi connectivity index (χ2v) is 6.78. The number of benzene rings is 1. The van der Waals surface area contributed by atoms with Gasteiger partial charge in [-0.25, -0.2) is 4.79 Å². The highest BCUT2D eigenvalue weighted by Crippen LogP contribution is 2.18. The summed E-state index contributed by atoms with van der Waals surface area (Å²) in [5.74, 6) is -2.98. The molecule has 1 heterocycles. The summed E-state index contributed by atoms with van der Waals surface area (Å²) in [6.45, 7) is -0.585. The molecule has 1 aliphatic rings. The Morgan fingerprint density at radius 2 is 1.83 bits per heavy atom. The van der Waals surface area contributed by atoms with Crippen LogP contribution in [-0.2, 0) is 25.6 Å². The topological polar surface area (TPSA) is 162 Å². The van der Waals surface area contributed by atoms with Gasteiger partial charge in [0.1, 0.15) is 18.1 Å². The van der Waals surface area contributed by atoms with Gasteiger partial charge < -0.3 is 31.5 Å². The number of nitrogens with zero attached hydrogens (tertiary/aromatic N) is 1. The molecule has 0 radical (unpaired) electrons. The average Bonchev–Trinajstić information content (AvgIpc) is 3.21. The maximum Gasteiger partial charge on any atom is 0.328 e. The molecule has 3 unspecified atom stereocenters. The SMILES string of the molecule is NCC(=O)N1CCCC1C(=O)NC(Cc1ccccc1)C(=O)NC(CO)C(=O)O. The number of nitrogens with two attached hydrogens (primary N) is 1. The van der Waals surface area contributed by atoms with E-state index in [1.807, 2.05) is 0 Å². The normalized spacial score (nSPS) is 18.0. The van der Waals surface area contributed by atoms with Gasteiger partial charge in [0.05, 0.1) is 13.2 Å². The summed E-state index contributed by atoms with van der Waals surface area (Å²) < 4.78 is 0. The van der Waals surface area contributed by atoms with Crippen molar-refractivity contribution >= 4 is 23.7 Å².